The average molecular weight is 426 g/mol. The summed E-state index contributed by atoms with van der Waals surface area (Å²) in [4.78, 5) is 55.9. The molecular weight excluding hydrogens is 404 g/mol. The molecule has 3 N–H and O–H groups in total. The molecule has 0 aliphatic rings. The Bertz CT molecular complexity index is 1130. The first kappa shape index (κ1) is 21.5. The molecule has 0 saturated carbocycles. The van der Waals surface area contributed by atoms with Gasteiger partial charge in [0.25, 0.3) is 11.8 Å². The van der Waals surface area contributed by atoms with E-state index in [-0.39, 0.29) is 42.3 Å². The number of anilines is 2. The third-order valence-electron chi connectivity index (χ3n) is 4.30. The van der Waals surface area contributed by atoms with Gasteiger partial charge in [0, 0.05) is 58.8 Å². The highest BCUT2D eigenvalue weighted by atomic mass is 16.2. The van der Waals surface area contributed by atoms with Gasteiger partial charge in [-0.1, -0.05) is 0 Å². The lowest BCUT2D eigenvalue weighted by Crippen LogP contribution is -2.28. The molecule has 3 heterocycles. The van der Waals surface area contributed by atoms with Crippen LogP contribution >= 0.6 is 0 Å². The summed E-state index contributed by atoms with van der Waals surface area (Å²) in [5.41, 5.74) is 0.709. The Morgan fingerprint density at radius 1 is 1.03 bits per heavy atom. The van der Waals surface area contributed by atoms with Crippen molar-refractivity contribution in [2.45, 2.75) is 13.3 Å². The largest absolute Gasteiger partial charge is 0.350 e. The van der Waals surface area contributed by atoms with E-state index in [0.717, 1.165) is 0 Å². The monoisotopic (exact) mass is 426 g/mol. The maximum atomic E-state index is 12.5. The summed E-state index contributed by atoms with van der Waals surface area (Å²) < 4.78 is 4.38. The normalized spacial score (nSPS) is 10.5. The van der Waals surface area contributed by atoms with Crippen LogP contribution in [-0.4, -0.2) is 53.8 Å². The fraction of sp³-hybridized carbons (Fsp3) is 0.263. The van der Waals surface area contributed by atoms with Crippen LogP contribution in [0.5, 0.6) is 0 Å². The van der Waals surface area contributed by atoms with Crippen LogP contribution in [0.2, 0.25) is 0 Å². The van der Waals surface area contributed by atoms with Crippen LogP contribution in [-0.2, 0) is 18.9 Å². The van der Waals surface area contributed by atoms with Gasteiger partial charge in [0.1, 0.15) is 12.0 Å². The van der Waals surface area contributed by atoms with E-state index in [9.17, 15) is 19.2 Å². The fourth-order valence-corrected chi connectivity index (χ4v) is 2.87. The zero-order valence-electron chi connectivity index (χ0n) is 17.2. The highest BCUT2D eigenvalue weighted by Crippen LogP contribution is 2.15. The number of nitrogens with zero attached hydrogens (tertiary/aromatic N) is 5. The van der Waals surface area contributed by atoms with Gasteiger partial charge in [0.05, 0.1) is 5.69 Å². The van der Waals surface area contributed by atoms with Gasteiger partial charge in [-0.05, 0) is 6.07 Å². The number of carbonyl (C=O) groups is 4. The minimum Gasteiger partial charge on any atom is -0.350 e. The van der Waals surface area contributed by atoms with Gasteiger partial charge in [-0.25, -0.2) is 9.97 Å². The highest BCUT2D eigenvalue weighted by Gasteiger charge is 2.18. The summed E-state index contributed by atoms with van der Waals surface area (Å²) in [5.74, 6) is -1.01. The average Bonchev–Trinajstić information content (AvgIpc) is 3.41. The zero-order chi connectivity index (χ0) is 22.5. The summed E-state index contributed by atoms with van der Waals surface area (Å²) in [6.45, 7) is 1.50. The fourth-order valence-electron chi connectivity index (χ4n) is 2.87. The van der Waals surface area contributed by atoms with Crippen LogP contribution in [0.4, 0.5) is 11.5 Å². The van der Waals surface area contributed by atoms with Crippen LogP contribution < -0.4 is 16.0 Å². The van der Waals surface area contributed by atoms with Gasteiger partial charge in [-0.2, -0.15) is 0 Å². The van der Waals surface area contributed by atoms with E-state index in [1.807, 2.05) is 0 Å². The number of amides is 3. The lowest BCUT2D eigenvalue weighted by molar-refractivity contribution is -0.114. The van der Waals surface area contributed by atoms with E-state index >= 15 is 0 Å². The molecule has 162 valence electrons. The second kappa shape index (κ2) is 9.07. The maximum Gasteiger partial charge on any atom is 0.291 e. The Hall–Kier alpha value is -4.22. The molecule has 3 aromatic rings. The van der Waals surface area contributed by atoms with E-state index in [2.05, 4.69) is 25.9 Å². The van der Waals surface area contributed by atoms with E-state index in [1.165, 1.54) is 47.0 Å². The lowest BCUT2D eigenvalue weighted by atomic mass is 10.3. The number of nitrogens with one attached hydrogen (secondary N) is 3. The Kier molecular flexibility index (Phi) is 6.29. The summed E-state index contributed by atoms with van der Waals surface area (Å²) in [7, 11) is 3.29. The van der Waals surface area contributed by atoms with E-state index < -0.39 is 5.91 Å². The highest BCUT2D eigenvalue weighted by molar-refractivity contribution is 6.03. The van der Waals surface area contributed by atoms with E-state index in [1.54, 1.807) is 24.9 Å². The minimum atomic E-state index is -0.498. The molecule has 0 spiro atoms. The summed E-state index contributed by atoms with van der Waals surface area (Å²) in [6, 6.07) is 1.52. The van der Waals surface area contributed by atoms with E-state index in [0.29, 0.717) is 11.4 Å². The van der Waals surface area contributed by atoms with Crippen LogP contribution in [0.1, 0.15) is 39.2 Å². The number of rotatable bonds is 7. The zero-order valence-corrected chi connectivity index (χ0v) is 17.2. The molecule has 0 fully saturated rings. The Labute approximate surface area is 177 Å². The number of aromatic nitrogens is 5. The third kappa shape index (κ3) is 5.23. The van der Waals surface area contributed by atoms with Gasteiger partial charge in [-0.3, -0.25) is 23.7 Å². The number of hydrogen-bond acceptors (Lipinski definition) is 6. The molecule has 31 heavy (non-hydrogen) atoms. The van der Waals surface area contributed by atoms with Gasteiger partial charge >= 0.3 is 0 Å². The Morgan fingerprint density at radius 2 is 1.81 bits per heavy atom. The number of hydrogen-bond donors (Lipinski definition) is 3. The first-order chi connectivity index (χ1) is 14.7. The van der Waals surface area contributed by atoms with Crippen molar-refractivity contribution in [2.75, 3.05) is 17.2 Å². The summed E-state index contributed by atoms with van der Waals surface area (Å²) >= 11 is 0. The van der Waals surface area contributed by atoms with Crippen molar-refractivity contribution >= 4 is 35.1 Å². The molecule has 3 rings (SSSR count). The Balaban J connectivity index is 1.59. The van der Waals surface area contributed by atoms with Crippen molar-refractivity contribution < 1.29 is 19.2 Å². The molecule has 12 heteroatoms. The number of imidazole rings is 2. The predicted octanol–water partition coefficient (Wildman–Crippen LogP) is 0.626. The SMILES string of the molecule is CC(=O)Nc1cn(C)c(C(=O)Nc2cc(C(=O)NCCC(=O)n3ccnc3)n(C)c2)n1. The molecule has 0 aliphatic heterocycles. The molecule has 3 aromatic heterocycles. The topological polar surface area (TPSA) is 145 Å². The Morgan fingerprint density at radius 3 is 2.48 bits per heavy atom. The van der Waals surface area contributed by atoms with Gasteiger partial charge in [-0.15, -0.1) is 0 Å². The van der Waals surface area contributed by atoms with Crippen molar-refractivity contribution in [1.82, 2.24) is 29.0 Å². The summed E-state index contributed by atoms with van der Waals surface area (Å²) in [5, 5.41) is 7.86. The number of carbonyl (C=O) groups excluding carboxylic acids is 4. The van der Waals surface area contributed by atoms with Crippen molar-refractivity contribution in [3.63, 3.8) is 0 Å². The second-order valence-corrected chi connectivity index (χ2v) is 6.79. The van der Waals surface area contributed by atoms with Crippen LogP contribution in [0.15, 0.2) is 37.2 Å². The standard InChI is InChI=1S/C19H22N8O4/c1-12(28)22-15-10-26(3)17(24-15)19(31)23-13-8-14(25(2)9-13)18(30)21-5-4-16(29)27-7-6-20-11-27/h6-11H,4-5H2,1-3H3,(H,21,30)(H,22,28)(H,23,31). The maximum absolute atomic E-state index is 12.5. The molecule has 0 aromatic carbocycles. The van der Waals surface area contributed by atoms with E-state index in [4.69, 9.17) is 0 Å². The molecule has 3 amide bonds. The van der Waals surface area contributed by atoms with Crippen molar-refractivity contribution in [3.8, 4) is 0 Å². The number of aryl methyl sites for hydroxylation is 2. The molecule has 0 radical (unpaired) electrons. The van der Waals surface area contributed by atoms with Crippen LogP contribution in [0.25, 0.3) is 0 Å². The van der Waals surface area contributed by atoms with Crippen LogP contribution in [0.3, 0.4) is 0 Å². The first-order valence-corrected chi connectivity index (χ1v) is 9.32. The predicted molar refractivity (Wildman–Crippen MR) is 111 cm³/mol. The molecule has 0 unspecified atom stereocenters. The molecular formula is C19H22N8O4. The van der Waals surface area contributed by atoms with Crippen molar-refractivity contribution in [2.24, 2.45) is 14.1 Å². The van der Waals surface area contributed by atoms with Crippen molar-refractivity contribution in [1.29, 1.82) is 0 Å². The van der Waals surface area contributed by atoms with Gasteiger partial charge < -0.3 is 25.1 Å². The first-order valence-electron chi connectivity index (χ1n) is 9.32. The van der Waals surface area contributed by atoms with Gasteiger partial charge in [0.15, 0.2) is 5.82 Å². The molecule has 12 nitrogen and oxygen atoms in total. The molecule has 0 aliphatic carbocycles. The van der Waals surface area contributed by atoms with Crippen molar-refractivity contribution in [3.05, 3.63) is 48.7 Å². The quantitative estimate of drug-likeness (QED) is 0.505. The smallest absolute Gasteiger partial charge is 0.291 e. The molecule has 0 bridgehead atoms. The molecule has 0 atom stereocenters. The second-order valence-electron chi connectivity index (χ2n) is 6.79. The van der Waals surface area contributed by atoms with Gasteiger partial charge in [0.2, 0.25) is 17.6 Å². The summed E-state index contributed by atoms with van der Waals surface area (Å²) in [6.07, 6.45) is 7.66. The third-order valence-corrected chi connectivity index (χ3v) is 4.30. The van der Waals surface area contributed by atoms with Crippen LogP contribution in [0, 0.1) is 0 Å². The lowest BCUT2D eigenvalue weighted by Gasteiger charge is -2.05. The minimum absolute atomic E-state index is 0.0941. The molecule has 0 saturated heterocycles.